The fraction of sp³-hybridized carbons (Fsp3) is 0.375. The van der Waals surface area contributed by atoms with Crippen molar-refractivity contribution in [2.24, 2.45) is 0 Å². The van der Waals surface area contributed by atoms with Crippen LogP contribution in [0.1, 0.15) is 36.8 Å². The zero-order chi connectivity index (χ0) is 13.8. The van der Waals surface area contributed by atoms with E-state index in [4.69, 9.17) is 0 Å². The molecular weight excluding hydrogens is 318 g/mol. The Hall–Kier alpha value is -0.640. The summed E-state index contributed by atoms with van der Waals surface area (Å²) < 4.78 is 1.18. The van der Waals surface area contributed by atoms with Gasteiger partial charge in [0.1, 0.15) is 0 Å². The van der Waals surface area contributed by atoms with E-state index in [0.29, 0.717) is 6.04 Å². The molecule has 1 heterocycles. The van der Waals surface area contributed by atoms with Crippen LogP contribution in [0.2, 0.25) is 0 Å². The first-order chi connectivity index (χ1) is 9.17. The quantitative estimate of drug-likeness (QED) is 0.754. The Labute approximate surface area is 128 Å². The molecule has 0 bridgehead atoms. The topological polar surface area (TPSA) is 12.0 Å². The minimum atomic E-state index is 0.483. The Kier molecular flexibility index (Phi) is 5.20. The summed E-state index contributed by atoms with van der Waals surface area (Å²) in [6, 6.07) is 11.4. The summed E-state index contributed by atoms with van der Waals surface area (Å²) in [6.07, 6.45) is 1.13. The molecule has 1 aromatic carbocycles. The smallest absolute Gasteiger partial charge is 0.0412 e. The highest BCUT2D eigenvalue weighted by atomic mass is 79.9. The standard InChI is InChI=1S/C16H20BrNS/c1-4-14(18-5-2)16-10-9-15(19-16)12-7-6-8-13(17)11(12)3/h6-10,14,18H,4-5H2,1-3H3. The molecular formula is C16H20BrNS. The maximum absolute atomic E-state index is 3.61. The van der Waals surface area contributed by atoms with Gasteiger partial charge in [0.05, 0.1) is 0 Å². The molecule has 1 N–H and O–H groups in total. The average molecular weight is 338 g/mol. The SMILES string of the molecule is CCNC(CC)c1ccc(-c2cccc(Br)c2C)s1. The Morgan fingerprint density at radius 3 is 2.68 bits per heavy atom. The maximum Gasteiger partial charge on any atom is 0.0412 e. The van der Waals surface area contributed by atoms with Crippen LogP contribution >= 0.6 is 27.3 Å². The van der Waals surface area contributed by atoms with Crippen LogP contribution < -0.4 is 5.32 Å². The van der Waals surface area contributed by atoms with E-state index >= 15 is 0 Å². The van der Waals surface area contributed by atoms with Crippen molar-refractivity contribution in [3.8, 4) is 10.4 Å². The molecule has 0 saturated heterocycles. The average Bonchev–Trinajstić information content (AvgIpc) is 2.88. The molecule has 0 aliphatic heterocycles. The summed E-state index contributed by atoms with van der Waals surface area (Å²) in [7, 11) is 0. The summed E-state index contributed by atoms with van der Waals surface area (Å²) in [5.74, 6) is 0. The summed E-state index contributed by atoms with van der Waals surface area (Å²) in [5.41, 5.74) is 2.64. The first-order valence-electron chi connectivity index (χ1n) is 6.76. The van der Waals surface area contributed by atoms with Crippen LogP contribution in [-0.4, -0.2) is 6.54 Å². The van der Waals surface area contributed by atoms with Gasteiger partial charge in [-0.1, -0.05) is 41.9 Å². The molecule has 19 heavy (non-hydrogen) atoms. The van der Waals surface area contributed by atoms with Gasteiger partial charge in [0.15, 0.2) is 0 Å². The van der Waals surface area contributed by atoms with Crippen molar-refractivity contribution in [1.82, 2.24) is 5.32 Å². The normalized spacial score (nSPS) is 12.6. The van der Waals surface area contributed by atoms with Crippen molar-refractivity contribution in [2.45, 2.75) is 33.2 Å². The van der Waals surface area contributed by atoms with Crippen LogP contribution in [0.5, 0.6) is 0 Å². The van der Waals surface area contributed by atoms with Crippen LogP contribution in [0.4, 0.5) is 0 Å². The van der Waals surface area contributed by atoms with E-state index < -0.39 is 0 Å². The molecule has 3 heteroatoms. The van der Waals surface area contributed by atoms with Crippen LogP contribution in [0, 0.1) is 6.92 Å². The van der Waals surface area contributed by atoms with E-state index in [1.165, 1.54) is 25.4 Å². The number of hydrogen-bond acceptors (Lipinski definition) is 2. The van der Waals surface area contributed by atoms with Gasteiger partial charge in [-0.25, -0.2) is 0 Å². The third-order valence-corrected chi connectivity index (χ3v) is 5.45. The molecule has 0 radical (unpaired) electrons. The van der Waals surface area contributed by atoms with E-state index in [-0.39, 0.29) is 0 Å². The summed E-state index contributed by atoms with van der Waals surface area (Å²) in [5, 5.41) is 3.54. The first kappa shape index (κ1) is 14.8. The highest BCUT2D eigenvalue weighted by molar-refractivity contribution is 9.10. The van der Waals surface area contributed by atoms with Crippen LogP contribution in [0.25, 0.3) is 10.4 Å². The van der Waals surface area contributed by atoms with Crippen LogP contribution in [0.15, 0.2) is 34.8 Å². The van der Waals surface area contributed by atoms with Crippen LogP contribution in [0.3, 0.4) is 0 Å². The fourth-order valence-corrected chi connectivity index (χ4v) is 3.87. The van der Waals surface area contributed by atoms with Crippen molar-refractivity contribution in [3.63, 3.8) is 0 Å². The largest absolute Gasteiger partial charge is 0.310 e. The van der Waals surface area contributed by atoms with Gasteiger partial charge in [0.25, 0.3) is 0 Å². The lowest BCUT2D eigenvalue weighted by Gasteiger charge is -2.13. The Balaban J connectivity index is 2.32. The lowest BCUT2D eigenvalue weighted by atomic mass is 10.1. The lowest BCUT2D eigenvalue weighted by molar-refractivity contribution is 0.545. The number of thiophene rings is 1. The third-order valence-electron chi connectivity index (χ3n) is 3.36. The lowest BCUT2D eigenvalue weighted by Crippen LogP contribution is -2.18. The van der Waals surface area contributed by atoms with E-state index in [1.54, 1.807) is 0 Å². The van der Waals surface area contributed by atoms with E-state index in [0.717, 1.165) is 13.0 Å². The highest BCUT2D eigenvalue weighted by Crippen LogP contribution is 2.36. The molecule has 2 aromatic rings. The van der Waals surface area contributed by atoms with Gasteiger partial charge in [-0.2, -0.15) is 0 Å². The minimum absolute atomic E-state index is 0.483. The number of halogens is 1. The van der Waals surface area contributed by atoms with E-state index in [1.807, 2.05) is 11.3 Å². The molecule has 1 atom stereocenters. The predicted octanol–water partition coefficient (Wildman–Crippen LogP) is 5.55. The van der Waals surface area contributed by atoms with Gasteiger partial charge in [-0.05, 0) is 49.2 Å². The molecule has 2 rings (SSSR count). The van der Waals surface area contributed by atoms with Crippen LogP contribution in [-0.2, 0) is 0 Å². The summed E-state index contributed by atoms with van der Waals surface area (Å²) >= 11 is 5.51. The summed E-state index contributed by atoms with van der Waals surface area (Å²) in [6.45, 7) is 7.58. The molecule has 1 aromatic heterocycles. The fourth-order valence-electron chi connectivity index (χ4n) is 2.25. The molecule has 1 unspecified atom stereocenters. The molecule has 102 valence electrons. The van der Waals surface area contributed by atoms with Gasteiger partial charge >= 0.3 is 0 Å². The van der Waals surface area contributed by atoms with Gasteiger partial charge < -0.3 is 5.32 Å². The highest BCUT2D eigenvalue weighted by Gasteiger charge is 2.13. The second-order valence-corrected chi connectivity index (χ2v) is 6.60. The van der Waals surface area contributed by atoms with Gasteiger partial charge in [-0.3, -0.25) is 0 Å². The monoisotopic (exact) mass is 337 g/mol. The second kappa shape index (κ2) is 6.69. The number of rotatable bonds is 5. The van der Waals surface area contributed by atoms with Crippen molar-refractivity contribution in [3.05, 3.63) is 45.2 Å². The van der Waals surface area contributed by atoms with E-state index in [2.05, 4.69) is 72.3 Å². The maximum atomic E-state index is 3.61. The van der Waals surface area contributed by atoms with Crippen molar-refractivity contribution >= 4 is 27.3 Å². The predicted molar refractivity (Wildman–Crippen MR) is 88.9 cm³/mol. The second-order valence-electron chi connectivity index (χ2n) is 4.63. The first-order valence-corrected chi connectivity index (χ1v) is 8.36. The van der Waals surface area contributed by atoms with E-state index in [9.17, 15) is 0 Å². The zero-order valence-electron chi connectivity index (χ0n) is 11.7. The molecule has 0 spiro atoms. The molecule has 0 amide bonds. The molecule has 0 aliphatic carbocycles. The van der Waals surface area contributed by atoms with Gasteiger partial charge in [-0.15, -0.1) is 11.3 Å². The van der Waals surface area contributed by atoms with Crippen molar-refractivity contribution in [2.75, 3.05) is 6.54 Å². The molecule has 0 fully saturated rings. The number of benzene rings is 1. The third kappa shape index (κ3) is 3.28. The molecule has 0 aliphatic rings. The Morgan fingerprint density at radius 1 is 1.21 bits per heavy atom. The molecule has 1 nitrogen and oxygen atoms in total. The Morgan fingerprint density at radius 2 is 2.00 bits per heavy atom. The zero-order valence-corrected chi connectivity index (χ0v) is 14.1. The van der Waals surface area contributed by atoms with Crippen molar-refractivity contribution < 1.29 is 0 Å². The number of hydrogen-bond donors (Lipinski definition) is 1. The van der Waals surface area contributed by atoms with Crippen molar-refractivity contribution in [1.29, 1.82) is 0 Å². The minimum Gasteiger partial charge on any atom is -0.310 e. The summed E-state index contributed by atoms with van der Waals surface area (Å²) in [4.78, 5) is 2.78. The molecule has 0 saturated carbocycles. The van der Waals surface area contributed by atoms with Gasteiger partial charge in [0.2, 0.25) is 0 Å². The van der Waals surface area contributed by atoms with Gasteiger partial charge in [0, 0.05) is 20.3 Å². The number of nitrogens with one attached hydrogen (secondary N) is 1. The Bertz CT molecular complexity index is 547.